The molecule has 0 bridgehead atoms. The first kappa shape index (κ1) is 25.2. The van der Waals surface area contributed by atoms with Gasteiger partial charge in [0.2, 0.25) is 20.0 Å². The molecular weight excluding hydrogens is 470 g/mol. The van der Waals surface area contributed by atoms with Crippen molar-refractivity contribution in [3.63, 3.8) is 0 Å². The van der Waals surface area contributed by atoms with Gasteiger partial charge in [-0.05, 0) is 74.6 Å². The topological polar surface area (TPSA) is 78.0 Å². The molecule has 2 saturated heterocycles. The van der Waals surface area contributed by atoms with Crippen LogP contribution in [0.1, 0.15) is 43.7 Å². The van der Waals surface area contributed by atoms with Crippen molar-refractivity contribution < 1.29 is 16.8 Å². The van der Waals surface area contributed by atoms with Gasteiger partial charge in [-0.3, -0.25) is 0 Å². The molecule has 186 valence electrons. The van der Waals surface area contributed by atoms with E-state index in [1.165, 1.54) is 39.7 Å². The Bertz CT molecular complexity index is 1220. The monoisotopic (exact) mass is 505 g/mol. The molecule has 2 heterocycles. The first-order valence-corrected chi connectivity index (χ1v) is 15.0. The van der Waals surface area contributed by atoms with Crippen LogP contribution in [0.3, 0.4) is 0 Å². The third-order valence-corrected chi connectivity index (χ3v) is 11.1. The summed E-state index contributed by atoms with van der Waals surface area (Å²) in [6.45, 7) is 8.71. The molecule has 2 aromatic rings. The predicted octanol–water partition coefficient (Wildman–Crippen LogP) is 3.77. The second kappa shape index (κ2) is 9.97. The number of nitrogens with zero attached hydrogens (tertiary/aromatic N) is 3. The van der Waals surface area contributed by atoms with Crippen molar-refractivity contribution >= 4 is 25.7 Å². The molecule has 0 N–H and O–H groups in total. The van der Waals surface area contributed by atoms with Crippen LogP contribution in [0.5, 0.6) is 0 Å². The van der Waals surface area contributed by atoms with Crippen LogP contribution in [0.25, 0.3) is 0 Å². The maximum Gasteiger partial charge on any atom is 0.243 e. The fourth-order valence-corrected chi connectivity index (χ4v) is 8.20. The molecule has 0 amide bonds. The molecule has 2 aromatic carbocycles. The number of piperidine rings is 1. The van der Waals surface area contributed by atoms with E-state index in [2.05, 4.69) is 30.9 Å². The normalized spacial score (nSPS) is 21.0. The van der Waals surface area contributed by atoms with E-state index in [1.807, 2.05) is 13.0 Å². The van der Waals surface area contributed by atoms with E-state index in [9.17, 15) is 16.8 Å². The first-order chi connectivity index (χ1) is 16.2. The van der Waals surface area contributed by atoms with Gasteiger partial charge in [0.1, 0.15) is 0 Å². The Labute approximate surface area is 204 Å². The lowest BCUT2D eigenvalue weighted by atomic mass is 10.0. The third-order valence-electron chi connectivity index (χ3n) is 7.27. The summed E-state index contributed by atoms with van der Waals surface area (Å²) < 4.78 is 56.0. The lowest BCUT2D eigenvalue weighted by Crippen LogP contribution is -2.48. The van der Waals surface area contributed by atoms with Gasteiger partial charge in [-0.15, -0.1) is 0 Å². The molecule has 0 spiro atoms. The summed E-state index contributed by atoms with van der Waals surface area (Å²) in [7, 11) is -7.33. The van der Waals surface area contributed by atoms with E-state index in [0.29, 0.717) is 32.7 Å². The summed E-state index contributed by atoms with van der Waals surface area (Å²) in [4.78, 5) is 2.52. The minimum Gasteiger partial charge on any atom is -0.369 e. The highest BCUT2D eigenvalue weighted by atomic mass is 32.2. The van der Waals surface area contributed by atoms with E-state index >= 15 is 0 Å². The predicted molar refractivity (Wildman–Crippen MR) is 135 cm³/mol. The standard InChI is InChI=1S/C25H35N3O4S2/c1-4-22-9-5-6-15-28(22)34(31,32)24-13-11-23(12-14-24)33(29,30)27-18-16-26(17-19-27)25-10-7-8-20(2)21(25)3/h7-8,10-14,22H,4-6,9,15-19H2,1-3H3/t22-/m1/s1. The zero-order chi connectivity index (χ0) is 24.5. The van der Waals surface area contributed by atoms with Crippen molar-refractivity contribution in [3.05, 3.63) is 53.6 Å². The van der Waals surface area contributed by atoms with Gasteiger partial charge < -0.3 is 4.90 Å². The minimum absolute atomic E-state index is 0.00972. The summed E-state index contributed by atoms with van der Waals surface area (Å²) in [5.74, 6) is 0. The Morgan fingerprint density at radius 1 is 0.794 bits per heavy atom. The highest BCUT2D eigenvalue weighted by Gasteiger charge is 2.33. The van der Waals surface area contributed by atoms with E-state index in [4.69, 9.17) is 0 Å². The molecule has 0 radical (unpaired) electrons. The van der Waals surface area contributed by atoms with Crippen LogP contribution in [0.15, 0.2) is 52.3 Å². The van der Waals surface area contributed by atoms with Crippen molar-refractivity contribution in [2.75, 3.05) is 37.6 Å². The summed E-state index contributed by atoms with van der Waals surface area (Å²) in [6, 6.07) is 12.0. The van der Waals surface area contributed by atoms with Crippen LogP contribution >= 0.6 is 0 Å². The number of piperazine rings is 1. The number of aryl methyl sites for hydroxylation is 1. The summed E-state index contributed by atoms with van der Waals surface area (Å²) >= 11 is 0. The number of rotatable bonds is 6. The molecule has 34 heavy (non-hydrogen) atoms. The van der Waals surface area contributed by atoms with Gasteiger partial charge in [0.15, 0.2) is 0 Å². The molecule has 2 aliphatic heterocycles. The van der Waals surface area contributed by atoms with Crippen LogP contribution in [0.4, 0.5) is 5.69 Å². The van der Waals surface area contributed by atoms with Crippen molar-refractivity contribution in [2.45, 2.75) is 62.3 Å². The Morgan fingerprint density at radius 2 is 1.41 bits per heavy atom. The molecule has 2 fully saturated rings. The number of sulfonamides is 2. The molecule has 0 saturated carbocycles. The largest absolute Gasteiger partial charge is 0.369 e. The summed E-state index contributed by atoms with van der Waals surface area (Å²) in [5.41, 5.74) is 3.58. The highest BCUT2D eigenvalue weighted by molar-refractivity contribution is 7.89. The third kappa shape index (κ3) is 4.76. The number of hydrogen-bond acceptors (Lipinski definition) is 5. The smallest absolute Gasteiger partial charge is 0.243 e. The minimum atomic E-state index is -3.69. The molecule has 7 nitrogen and oxygen atoms in total. The van der Waals surface area contributed by atoms with Crippen molar-refractivity contribution in [3.8, 4) is 0 Å². The van der Waals surface area contributed by atoms with Gasteiger partial charge in [0.25, 0.3) is 0 Å². The Morgan fingerprint density at radius 3 is 2.03 bits per heavy atom. The average molecular weight is 506 g/mol. The maximum absolute atomic E-state index is 13.3. The fraction of sp³-hybridized carbons (Fsp3) is 0.520. The number of hydrogen-bond donors (Lipinski definition) is 0. The van der Waals surface area contributed by atoms with Crippen molar-refractivity contribution in [2.24, 2.45) is 0 Å². The quantitative estimate of drug-likeness (QED) is 0.597. The fourth-order valence-electron chi connectivity index (χ4n) is 5.01. The van der Waals surface area contributed by atoms with Gasteiger partial charge in [-0.1, -0.05) is 25.5 Å². The van der Waals surface area contributed by atoms with Crippen LogP contribution in [0, 0.1) is 13.8 Å². The Kier molecular flexibility index (Phi) is 7.38. The van der Waals surface area contributed by atoms with Gasteiger partial charge in [0, 0.05) is 44.5 Å². The van der Waals surface area contributed by atoms with E-state index in [0.717, 1.165) is 31.4 Å². The van der Waals surface area contributed by atoms with Gasteiger partial charge in [0.05, 0.1) is 9.79 Å². The molecule has 1 atom stereocenters. The SMILES string of the molecule is CC[C@@H]1CCCCN1S(=O)(=O)c1ccc(S(=O)(=O)N2CCN(c3cccc(C)c3C)CC2)cc1. The van der Waals surface area contributed by atoms with Gasteiger partial charge in [-0.25, -0.2) is 16.8 Å². The Hall–Kier alpha value is -1.94. The molecule has 0 aliphatic carbocycles. The summed E-state index contributed by atoms with van der Waals surface area (Å²) in [5, 5.41) is 0. The molecule has 9 heteroatoms. The molecule has 0 aromatic heterocycles. The van der Waals surface area contributed by atoms with Crippen molar-refractivity contribution in [1.29, 1.82) is 0 Å². The molecule has 4 rings (SSSR count). The zero-order valence-electron chi connectivity index (χ0n) is 20.3. The molecular formula is C25H35N3O4S2. The number of anilines is 1. The van der Waals surface area contributed by atoms with E-state index in [-0.39, 0.29) is 15.8 Å². The van der Waals surface area contributed by atoms with E-state index in [1.54, 1.807) is 4.31 Å². The highest BCUT2D eigenvalue weighted by Crippen LogP contribution is 2.29. The van der Waals surface area contributed by atoms with Crippen LogP contribution in [-0.4, -0.2) is 64.2 Å². The Balaban J connectivity index is 1.48. The van der Waals surface area contributed by atoms with E-state index < -0.39 is 20.0 Å². The lowest BCUT2D eigenvalue weighted by molar-refractivity contribution is 0.246. The number of benzene rings is 2. The van der Waals surface area contributed by atoms with Crippen molar-refractivity contribution in [1.82, 2.24) is 8.61 Å². The second-order valence-corrected chi connectivity index (χ2v) is 13.1. The zero-order valence-corrected chi connectivity index (χ0v) is 21.9. The average Bonchev–Trinajstić information content (AvgIpc) is 2.86. The first-order valence-electron chi connectivity index (χ1n) is 12.1. The van der Waals surface area contributed by atoms with Crippen LogP contribution in [0.2, 0.25) is 0 Å². The second-order valence-electron chi connectivity index (χ2n) is 9.26. The summed E-state index contributed by atoms with van der Waals surface area (Å²) in [6.07, 6.45) is 3.55. The molecule has 0 unspecified atom stereocenters. The van der Waals surface area contributed by atoms with Gasteiger partial charge in [-0.2, -0.15) is 8.61 Å². The molecule has 2 aliphatic rings. The van der Waals surface area contributed by atoms with Crippen LogP contribution < -0.4 is 4.90 Å². The van der Waals surface area contributed by atoms with Gasteiger partial charge >= 0.3 is 0 Å². The maximum atomic E-state index is 13.3. The van der Waals surface area contributed by atoms with Crippen LogP contribution in [-0.2, 0) is 20.0 Å². The lowest BCUT2D eigenvalue weighted by Gasteiger charge is -2.36.